The van der Waals surface area contributed by atoms with E-state index in [1.165, 1.54) is 6.07 Å². The third-order valence-electron chi connectivity index (χ3n) is 3.47. The molecule has 3 amide bonds. The molecule has 1 heterocycles. The number of amides is 3. The van der Waals surface area contributed by atoms with E-state index in [9.17, 15) is 14.4 Å². The number of rotatable bonds is 3. The summed E-state index contributed by atoms with van der Waals surface area (Å²) in [5.74, 6) is -1.26. The Balaban J connectivity index is 2.10. The fraction of sp³-hybridized carbons (Fsp3) is 0.357. The van der Waals surface area contributed by atoms with Gasteiger partial charge in [-0.1, -0.05) is 12.1 Å². The number of hydrogen-bond donors (Lipinski definition) is 3. The minimum atomic E-state index is -1.12. The van der Waals surface area contributed by atoms with Crippen LogP contribution in [0.4, 0.5) is 10.5 Å². The average Bonchev–Trinajstić information content (AvgIpc) is 2.73. The molecule has 1 saturated heterocycles. The maximum atomic E-state index is 12.0. The van der Waals surface area contributed by atoms with Gasteiger partial charge in [-0.05, 0) is 25.0 Å². The second-order valence-electron chi connectivity index (χ2n) is 5.00. The van der Waals surface area contributed by atoms with Crippen LogP contribution in [0.25, 0.3) is 0 Å². The molecule has 0 aliphatic carbocycles. The number of benzene rings is 1. The predicted molar refractivity (Wildman–Crippen MR) is 76.3 cm³/mol. The number of aryl methyl sites for hydroxylation is 1. The summed E-state index contributed by atoms with van der Waals surface area (Å²) < 4.78 is 0. The molecule has 112 valence electrons. The highest BCUT2D eigenvalue weighted by atomic mass is 16.4. The quantitative estimate of drug-likeness (QED) is 0.775. The van der Waals surface area contributed by atoms with Crippen LogP contribution < -0.4 is 10.6 Å². The molecular formula is C14H17N3O4. The Bertz CT molecular complexity index is 600. The van der Waals surface area contributed by atoms with Gasteiger partial charge in [-0.25, -0.2) is 9.59 Å². The van der Waals surface area contributed by atoms with Gasteiger partial charge in [-0.3, -0.25) is 4.79 Å². The molecule has 1 aliphatic heterocycles. The largest absolute Gasteiger partial charge is 0.478 e. The van der Waals surface area contributed by atoms with Gasteiger partial charge < -0.3 is 20.6 Å². The van der Waals surface area contributed by atoms with Crippen LogP contribution in [0.15, 0.2) is 18.2 Å². The summed E-state index contributed by atoms with van der Waals surface area (Å²) in [7, 11) is 1.67. The molecule has 7 heteroatoms. The first kappa shape index (κ1) is 14.8. The third-order valence-corrected chi connectivity index (χ3v) is 3.47. The second-order valence-corrected chi connectivity index (χ2v) is 5.00. The minimum Gasteiger partial charge on any atom is -0.478 e. The number of para-hydroxylation sites is 1. The van der Waals surface area contributed by atoms with Gasteiger partial charge in [0.1, 0.15) is 6.04 Å². The Labute approximate surface area is 121 Å². The summed E-state index contributed by atoms with van der Waals surface area (Å²) in [6, 6.07) is 3.58. The van der Waals surface area contributed by atoms with E-state index in [2.05, 4.69) is 10.6 Å². The van der Waals surface area contributed by atoms with E-state index in [0.717, 1.165) is 0 Å². The first-order valence-corrected chi connectivity index (χ1v) is 6.55. The molecule has 0 radical (unpaired) electrons. The average molecular weight is 291 g/mol. The highest BCUT2D eigenvalue weighted by Gasteiger charge is 2.30. The van der Waals surface area contributed by atoms with Crippen molar-refractivity contribution in [2.75, 3.05) is 18.9 Å². The van der Waals surface area contributed by atoms with Gasteiger partial charge in [-0.2, -0.15) is 0 Å². The van der Waals surface area contributed by atoms with Crippen LogP contribution >= 0.6 is 0 Å². The summed E-state index contributed by atoms with van der Waals surface area (Å²) in [4.78, 5) is 36.4. The first-order chi connectivity index (χ1) is 9.90. The van der Waals surface area contributed by atoms with Gasteiger partial charge in [0.25, 0.3) is 0 Å². The molecule has 21 heavy (non-hydrogen) atoms. The Hall–Kier alpha value is -2.57. The summed E-state index contributed by atoms with van der Waals surface area (Å²) in [5.41, 5.74) is 0.890. The topological polar surface area (TPSA) is 98.7 Å². The molecular weight excluding hydrogens is 274 g/mol. The number of hydrogen-bond acceptors (Lipinski definition) is 3. The molecule has 7 nitrogen and oxygen atoms in total. The number of carbonyl (C=O) groups excluding carboxylic acids is 2. The van der Waals surface area contributed by atoms with E-state index in [0.29, 0.717) is 18.5 Å². The monoisotopic (exact) mass is 291 g/mol. The van der Waals surface area contributed by atoms with Crippen molar-refractivity contribution < 1.29 is 19.5 Å². The summed E-state index contributed by atoms with van der Waals surface area (Å²) in [5, 5.41) is 14.2. The molecule has 3 N–H and O–H groups in total. The Morgan fingerprint density at radius 3 is 2.67 bits per heavy atom. The Morgan fingerprint density at radius 2 is 2.10 bits per heavy atom. The molecule has 0 aromatic heterocycles. The fourth-order valence-corrected chi connectivity index (χ4v) is 2.28. The van der Waals surface area contributed by atoms with Gasteiger partial charge in [-0.15, -0.1) is 0 Å². The van der Waals surface area contributed by atoms with Crippen molar-refractivity contribution in [3.8, 4) is 0 Å². The number of likely N-dealkylation sites (N-methyl/N-ethyl adjacent to an activating group) is 1. The normalized spacial score (nSPS) is 17.7. The molecule has 1 fully saturated rings. The number of likely N-dealkylation sites (tertiary alicyclic amines) is 1. The van der Waals surface area contributed by atoms with E-state index >= 15 is 0 Å². The molecule has 1 aromatic rings. The zero-order valence-corrected chi connectivity index (χ0v) is 11.8. The van der Waals surface area contributed by atoms with Crippen LogP contribution in [-0.4, -0.2) is 47.5 Å². The highest BCUT2D eigenvalue weighted by Crippen LogP contribution is 2.20. The zero-order valence-electron chi connectivity index (χ0n) is 11.8. The second kappa shape index (κ2) is 5.82. The van der Waals surface area contributed by atoms with Gasteiger partial charge in [0.15, 0.2) is 0 Å². The Morgan fingerprint density at radius 1 is 1.38 bits per heavy atom. The van der Waals surface area contributed by atoms with Crippen molar-refractivity contribution in [1.29, 1.82) is 0 Å². The lowest BCUT2D eigenvalue weighted by Gasteiger charge is -2.15. The highest BCUT2D eigenvalue weighted by molar-refractivity contribution is 6.02. The van der Waals surface area contributed by atoms with Gasteiger partial charge in [0, 0.05) is 13.6 Å². The number of carbonyl (C=O) groups is 3. The van der Waals surface area contributed by atoms with E-state index in [1.54, 1.807) is 31.0 Å². The first-order valence-electron chi connectivity index (χ1n) is 6.55. The zero-order chi connectivity index (χ0) is 15.6. The van der Waals surface area contributed by atoms with Crippen molar-refractivity contribution in [2.45, 2.75) is 19.4 Å². The van der Waals surface area contributed by atoms with E-state index < -0.39 is 18.0 Å². The van der Waals surface area contributed by atoms with Gasteiger partial charge in [0.05, 0.1) is 11.3 Å². The number of urea groups is 1. The number of aromatic carboxylic acids is 1. The maximum Gasteiger partial charge on any atom is 0.337 e. The molecule has 1 unspecified atom stereocenters. The third kappa shape index (κ3) is 3.13. The molecule has 1 aromatic carbocycles. The molecule has 0 bridgehead atoms. The standard InChI is InChI=1S/C14H17N3O4/c1-8-4-3-5-9(13(19)20)11(8)16-14(21)15-10-6-7-17(2)12(10)18/h3-5,10H,6-7H2,1-2H3,(H,19,20)(H2,15,16,21). The van der Waals surface area contributed by atoms with Crippen LogP contribution in [0.5, 0.6) is 0 Å². The van der Waals surface area contributed by atoms with Crippen molar-refractivity contribution in [3.63, 3.8) is 0 Å². The summed E-state index contributed by atoms with van der Waals surface area (Å²) in [6.45, 7) is 2.30. The van der Waals surface area contributed by atoms with Gasteiger partial charge in [0.2, 0.25) is 5.91 Å². The van der Waals surface area contributed by atoms with Crippen molar-refractivity contribution in [1.82, 2.24) is 10.2 Å². The SMILES string of the molecule is Cc1cccc(C(=O)O)c1NC(=O)NC1CCN(C)C1=O. The van der Waals surface area contributed by atoms with Crippen LogP contribution in [0, 0.1) is 6.92 Å². The number of nitrogens with one attached hydrogen (secondary N) is 2. The number of anilines is 1. The maximum absolute atomic E-state index is 12.0. The molecule has 0 spiro atoms. The molecule has 0 saturated carbocycles. The minimum absolute atomic E-state index is 0.0139. The van der Waals surface area contributed by atoms with Crippen LogP contribution in [-0.2, 0) is 4.79 Å². The fourth-order valence-electron chi connectivity index (χ4n) is 2.28. The van der Waals surface area contributed by atoms with Crippen molar-refractivity contribution >= 4 is 23.6 Å². The summed E-state index contributed by atoms with van der Waals surface area (Å²) in [6.07, 6.45) is 0.544. The number of carboxylic acids is 1. The molecule has 2 rings (SSSR count). The van der Waals surface area contributed by atoms with Crippen LogP contribution in [0.2, 0.25) is 0 Å². The number of nitrogens with zero attached hydrogens (tertiary/aromatic N) is 1. The lowest BCUT2D eigenvalue weighted by atomic mass is 10.1. The Kier molecular flexibility index (Phi) is 4.11. The van der Waals surface area contributed by atoms with E-state index in [4.69, 9.17) is 5.11 Å². The summed E-state index contributed by atoms with van der Waals surface area (Å²) >= 11 is 0. The molecule has 1 aliphatic rings. The van der Waals surface area contributed by atoms with Crippen molar-refractivity contribution in [2.24, 2.45) is 0 Å². The van der Waals surface area contributed by atoms with Crippen LogP contribution in [0.3, 0.4) is 0 Å². The lowest BCUT2D eigenvalue weighted by molar-refractivity contribution is -0.128. The smallest absolute Gasteiger partial charge is 0.337 e. The predicted octanol–water partition coefficient (Wildman–Crippen LogP) is 1.05. The number of carboxylic acid groups (broad SMARTS) is 1. The van der Waals surface area contributed by atoms with Gasteiger partial charge >= 0.3 is 12.0 Å². The van der Waals surface area contributed by atoms with E-state index in [1.807, 2.05) is 0 Å². The van der Waals surface area contributed by atoms with Crippen molar-refractivity contribution in [3.05, 3.63) is 29.3 Å². The molecule has 1 atom stereocenters. The van der Waals surface area contributed by atoms with Crippen LogP contribution in [0.1, 0.15) is 22.3 Å². The van der Waals surface area contributed by atoms with E-state index in [-0.39, 0.29) is 17.2 Å². The lowest BCUT2D eigenvalue weighted by Crippen LogP contribution is -2.42.